The fourth-order valence-corrected chi connectivity index (χ4v) is 3.00. The lowest BCUT2D eigenvalue weighted by atomic mass is 10.3. The number of imidazole rings is 1. The first-order valence-corrected chi connectivity index (χ1v) is 8.61. The maximum atomic E-state index is 12.7. The third-order valence-corrected chi connectivity index (χ3v) is 4.45. The number of hydrogen-bond donors (Lipinski definition) is 1. The molecule has 6 nitrogen and oxygen atoms in total. The van der Waals surface area contributed by atoms with Crippen LogP contribution in [-0.4, -0.2) is 66.4 Å². The molecule has 0 atom stereocenters. The second-order valence-electron chi connectivity index (χ2n) is 6.48. The zero-order valence-electron chi connectivity index (χ0n) is 14.6. The van der Waals surface area contributed by atoms with E-state index in [1.807, 2.05) is 30.1 Å². The van der Waals surface area contributed by atoms with E-state index >= 15 is 0 Å². The Balaban J connectivity index is 1.79. The number of piperazine rings is 1. The summed E-state index contributed by atoms with van der Waals surface area (Å²) in [7, 11) is 2.04. The van der Waals surface area contributed by atoms with Crippen molar-refractivity contribution in [3.8, 4) is 0 Å². The lowest BCUT2D eigenvalue weighted by Crippen LogP contribution is -2.46. The van der Waals surface area contributed by atoms with E-state index in [1.54, 1.807) is 6.07 Å². The monoisotopic (exact) mass is 369 g/mol. The minimum Gasteiger partial charge on any atom is -0.339 e. The second kappa shape index (κ2) is 7.53. The molecular formula is C17H22F3N5O. The van der Waals surface area contributed by atoms with E-state index in [0.717, 1.165) is 26.2 Å². The minimum atomic E-state index is -4.21. The van der Waals surface area contributed by atoms with Crippen molar-refractivity contribution in [2.45, 2.75) is 19.0 Å². The number of likely N-dealkylation sites (N-methyl/N-ethyl adjacent to an activating group) is 1. The average molecular weight is 369 g/mol. The summed E-state index contributed by atoms with van der Waals surface area (Å²) < 4.78 is 38.3. The molecule has 26 heavy (non-hydrogen) atoms. The van der Waals surface area contributed by atoms with E-state index in [1.165, 1.54) is 4.57 Å². The molecule has 2 heterocycles. The highest BCUT2D eigenvalue weighted by Crippen LogP contribution is 2.24. The molecule has 1 aliphatic rings. The number of aromatic nitrogens is 2. The van der Waals surface area contributed by atoms with Crippen molar-refractivity contribution in [1.29, 1.82) is 0 Å². The average Bonchev–Trinajstić information content (AvgIpc) is 2.98. The first-order valence-electron chi connectivity index (χ1n) is 8.61. The van der Waals surface area contributed by atoms with E-state index < -0.39 is 18.6 Å². The lowest BCUT2D eigenvalue weighted by Gasteiger charge is -2.33. The highest BCUT2D eigenvalue weighted by Gasteiger charge is 2.27. The zero-order chi connectivity index (χ0) is 18.7. The highest BCUT2D eigenvalue weighted by atomic mass is 19.4. The topological polar surface area (TPSA) is 53.4 Å². The Morgan fingerprint density at radius 3 is 2.58 bits per heavy atom. The molecule has 0 spiro atoms. The molecule has 9 heteroatoms. The van der Waals surface area contributed by atoms with Crippen LogP contribution in [-0.2, 0) is 0 Å². The fraction of sp³-hybridized carbons (Fsp3) is 0.529. The molecule has 1 aliphatic heterocycles. The summed E-state index contributed by atoms with van der Waals surface area (Å²) >= 11 is 0. The Kier molecular flexibility index (Phi) is 5.36. The fourth-order valence-electron chi connectivity index (χ4n) is 3.00. The summed E-state index contributed by atoms with van der Waals surface area (Å²) in [5.41, 5.74) is 1.33. The van der Waals surface area contributed by atoms with E-state index in [2.05, 4.69) is 15.2 Å². The molecule has 0 radical (unpaired) electrons. The largest absolute Gasteiger partial charge is 0.389 e. The number of carbonyl (C=O) groups is 1. The molecule has 0 unspecified atom stereocenters. The summed E-state index contributed by atoms with van der Waals surface area (Å²) in [5, 5.41) is 2.59. The van der Waals surface area contributed by atoms with Crippen molar-refractivity contribution in [2.24, 2.45) is 0 Å². The maximum Gasteiger partial charge on any atom is 0.389 e. The Bertz CT molecular complexity index is 765. The van der Waals surface area contributed by atoms with Crippen molar-refractivity contribution in [3.63, 3.8) is 0 Å². The van der Waals surface area contributed by atoms with E-state index in [4.69, 9.17) is 0 Å². The predicted octanol–water partition coefficient (Wildman–Crippen LogP) is 2.69. The number of amides is 1. The van der Waals surface area contributed by atoms with Crippen LogP contribution in [0.15, 0.2) is 24.3 Å². The van der Waals surface area contributed by atoms with E-state index in [-0.39, 0.29) is 13.0 Å². The summed E-state index contributed by atoms with van der Waals surface area (Å²) in [6.45, 7) is 3.15. The van der Waals surface area contributed by atoms with Gasteiger partial charge in [0, 0.05) is 39.1 Å². The number of benzene rings is 1. The summed E-state index contributed by atoms with van der Waals surface area (Å²) in [6, 6.07) is 6.81. The molecule has 0 bridgehead atoms. The number of rotatable bonds is 4. The number of carbonyl (C=O) groups excluding carboxylic acids is 1. The Hall–Kier alpha value is -2.29. The van der Waals surface area contributed by atoms with Crippen LogP contribution in [0.25, 0.3) is 11.0 Å². The number of nitrogens with one attached hydrogen (secondary N) is 1. The van der Waals surface area contributed by atoms with Gasteiger partial charge in [-0.2, -0.15) is 13.2 Å². The number of anilines is 1. The number of halogens is 3. The standard InChI is InChI=1S/C17H22F3N5O/c1-23-9-11-24(12-10-23)15-22-13-5-2-3-6-14(13)25(15)16(26)21-8-4-7-17(18,19)20/h2-3,5-6H,4,7-12H2,1H3,(H,21,26). The van der Waals surface area contributed by atoms with Crippen molar-refractivity contribution in [2.75, 3.05) is 44.7 Å². The predicted molar refractivity (Wildman–Crippen MR) is 93.5 cm³/mol. The summed E-state index contributed by atoms with van der Waals surface area (Å²) in [5.74, 6) is 0.535. The van der Waals surface area contributed by atoms with Gasteiger partial charge in [0.1, 0.15) is 0 Å². The molecule has 1 amide bonds. The number of hydrogen-bond acceptors (Lipinski definition) is 4. The lowest BCUT2D eigenvalue weighted by molar-refractivity contribution is -0.135. The molecule has 0 aliphatic carbocycles. The van der Waals surface area contributed by atoms with Crippen molar-refractivity contribution >= 4 is 23.0 Å². The van der Waals surface area contributed by atoms with Crippen LogP contribution in [0.5, 0.6) is 0 Å². The van der Waals surface area contributed by atoms with Gasteiger partial charge in [-0.3, -0.25) is 0 Å². The van der Waals surface area contributed by atoms with Crippen LogP contribution in [0.4, 0.5) is 23.9 Å². The SMILES string of the molecule is CN1CCN(c2nc3ccccc3n2C(=O)NCCCC(F)(F)F)CC1. The first kappa shape index (κ1) is 18.5. The van der Waals surface area contributed by atoms with Crippen LogP contribution < -0.4 is 10.2 Å². The number of nitrogens with zero attached hydrogens (tertiary/aromatic N) is 4. The van der Waals surface area contributed by atoms with Crippen molar-refractivity contribution in [1.82, 2.24) is 19.8 Å². The van der Waals surface area contributed by atoms with E-state index in [0.29, 0.717) is 17.0 Å². The van der Waals surface area contributed by atoms with Gasteiger partial charge >= 0.3 is 12.2 Å². The van der Waals surface area contributed by atoms with Crippen molar-refractivity contribution in [3.05, 3.63) is 24.3 Å². The van der Waals surface area contributed by atoms with Crippen LogP contribution in [0, 0.1) is 0 Å². The molecule has 2 aromatic rings. The van der Waals surface area contributed by atoms with Crippen LogP contribution in [0.2, 0.25) is 0 Å². The van der Waals surface area contributed by atoms with Gasteiger partial charge in [0.15, 0.2) is 0 Å². The van der Waals surface area contributed by atoms with Crippen LogP contribution in [0.3, 0.4) is 0 Å². The molecule has 1 aromatic carbocycles. The minimum absolute atomic E-state index is 0.0347. The number of alkyl halides is 3. The van der Waals surface area contributed by atoms with Crippen LogP contribution in [0.1, 0.15) is 12.8 Å². The highest BCUT2D eigenvalue weighted by molar-refractivity contribution is 5.93. The van der Waals surface area contributed by atoms with Gasteiger partial charge in [-0.1, -0.05) is 12.1 Å². The van der Waals surface area contributed by atoms with Crippen LogP contribution >= 0.6 is 0 Å². The molecule has 1 fully saturated rings. The van der Waals surface area contributed by atoms with Gasteiger partial charge < -0.3 is 15.1 Å². The molecule has 142 valence electrons. The maximum absolute atomic E-state index is 12.7. The zero-order valence-corrected chi connectivity index (χ0v) is 14.6. The Morgan fingerprint density at radius 1 is 1.19 bits per heavy atom. The van der Waals surface area contributed by atoms with Gasteiger partial charge in [-0.05, 0) is 25.6 Å². The normalized spacial score (nSPS) is 16.2. The molecule has 0 saturated carbocycles. The number of para-hydroxylation sites is 2. The summed E-state index contributed by atoms with van der Waals surface area (Å²) in [4.78, 5) is 21.5. The van der Waals surface area contributed by atoms with Gasteiger partial charge in [0.25, 0.3) is 0 Å². The van der Waals surface area contributed by atoms with Crippen molar-refractivity contribution < 1.29 is 18.0 Å². The van der Waals surface area contributed by atoms with Gasteiger partial charge in [-0.25, -0.2) is 14.3 Å². The molecule has 3 rings (SSSR count). The third-order valence-electron chi connectivity index (χ3n) is 4.45. The third kappa shape index (κ3) is 4.27. The van der Waals surface area contributed by atoms with E-state index in [9.17, 15) is 18.0 Å². The molecule has 1 aromatic heterocycles. The smallest absolute Gasteiger partial charge is 0.339 e. The van der Waals surface area contributed by atoms with Gasteiger partial charge in [-0.15, -0.1) is 0 Å². The first-order chi connectivity index (χ1) is 12.3. The second-order valence-corrected chi connectivity index (χ2v) is 6.48. The Morgan fingerprint density at radius 2 is 1.88 bits per heavy atom. The summed E-state index contributed by atoms with van der Waals surface area (Å²) in [6.07, 6.45) is -5.27. The molecular weight excluding hydrogens is 347 g/mol. The molecule has 1 N–H and O–H groups in total. The van der Waals surface area contributed by atoms with Gasteiger partial charge in [0.05, 0.1) is 11.0 Å². The number of fused-ring (bicyclic) bond motifs is 1. The molecule has 1 saturated heterocycles. The Labute approximate surface area is 149 Å². The van der Waals surface area contributed by atoms with Gasteiger partial charge in [0.2, 0.25) is 5.95 Å². The quantitative estimate of drug-likeness (QED) is 0.842.